The average molecular weight is 443 g/mol. The summed E-state index contributed by atoms with van der Waals surface area (Å²) < 4.78 is 0. The van der Waals surface area contributed by atoms with Gasteiger partial charge in [0.05, 0.1) is 5.69 Å². The largest absolute Gasteiger partial charge is 0.397 e. The van der Waals surface area contributed by atoms with Crippen molar-refractivity contribution < 1.29 is 4.79 Å². The second-order valence-electron chi connectivity index (χ2n) is 7.84. The molecule has 0 aliphatic carbocycles. The first kappa shape index (κ1) is 21.3. The number of nitriles is 1. The summed E-state index contributed by atoms with van der Waals surface area (Å²) in [7, 11) is 0. The lowest BCUT2D eigenvalue weighted by Gasteiger charge is -2.11. The number of benzene rings is 1. The summed E-state index contributed by atoms with van der Waals surface area (Å²) in [6, 6.07) is 13.7. The van der Waals surface area contributed by atoms with Gasteiger partial charge >= 0.3 is 0 Å². The number of fused-ring (bicyclic) bond motifs is 1. The number of hydrogen-bond acceptors (Lipinski definition) is 7. The van der Waals surface area contributed by atoms with Gasteiger partial charge in [-0.2, -0.15) is 5.26 Å². The van der Waals surface area contributed by atoms with Gasteiger partial charge < -0.3 is 16.8 Å². The molecule has 0 saturated heterocycles. The summed E-state index contributed by atoms with van der Waals surface area (Å²) in [5, 5.41) is 13.1. The van der Waals surface area contributed by atoms with Gasteiger partial charge in [-0.1, -0.05) is 44.2 Å². The summed E-state index contributed by atoms with van der Waals surface area (Å²) in [6.07, 6.45) is 1.67. The number of amides is 1. The van der Waals surface area contributed by atoms with Crippen molar-refractivity contribution >= 4 is 44.8 Å². The molecule has 4 rings (SSSR count). The van der Waals surface area contributed by atoms with Gasteiger partial charge in [0.1, 0.15) is 33.0 Å². The number of aryl methyl sites for hydroxylation is 1. The maximum atomic E-state index is 13.0. The summed E-state index contributed by atoms with van der Waals surface area (Å²) in [5.41, 5.74) is 16.6. The molecule has 0 aliphatic rings. The first-order valence-corrected chi connectivity index (χ1v) is 10.9. The minimum absolute atomic E-state index is 0.108. The molecule has 0 radical (unpaired) electrons. The Kier molecular flexibility index (Phi) is 5.51. The van der Waals surface area contributed by atoms with Crippen LogP contribution in [0.1, 0.15) is 46.1 Å². The van der Waals surface area contributed by atoms with Crippen molar-refractivity contribution in [3.05, 3.63) is 64.2 Å². The van der Waals surface area contributed by atoms with E-state index in [1.54, 1.807) is 12.3 Å². The molecule has 0 bridgehead atoms. The van der Waals surface area contributed by atoms with Gasteiger partial charge in [0.2, 0.25) is 0 Å². The zero-order valence-corrected chi connectivity index (χ0v) is 18.7. The standard InChI is InChI=1S/C24H22N6OS/c1-12(2)14-5-7-15(8-6-14)18-16(10-25)22(27)30-24-19(18)20(26)21(32-24)23(31)29-17-9-4-13(3)11-28-17/h4-9,11-12H,26H2,1-3H3,(H2,27,30)(H,28,29,31). The Morgan fingerprint density at radius 2 is 1.88 bits per heavy atom. The van der Waals surface area contributed by atoms with E-state index in [0.29, 0.717) is 32.4 Å². The smallest absolute Gasteiger partial charge is 0.269 e. The number of nitrogens with zero attached hydrogens (tertiary/aromatic N) is 3. The number of hydrogen-bond donors (Lipinski definition) is 3. The van der Waals surface area contributed by atoms with Crippen molar-refractivity contribution in [1.29, 1.82) is 5.26 Å². The molecule has 0 unspecified atom stereocenters. The van der Waals surface area contributed by atoms with Gasteiger partial charge in [-0.05, 0) is 35.6 Å². The number of carbonyl (C=O) groups excluding carboxylic acids is 1. The van der Waals surface area contributed by atoms with Gasteiger partial charge in [0.15, 0.2) is 0 Å². The Labute approximate surface area is 189 Å². The van der Waals surface area contributed by atoms with Crippen LogP contribution in [-0.2, 0) is 0 Å². The second-order valence-corrected chi connectivity index (χ2v) is 8.83. The molecular formula is C24H22N6OS. The SMILES string of the molecule is Cc1ccc(NC(=O)c2sc3nc(N)c(C#N)c(-c4ccc(C(C)C)cc4)c3c2N)nc1. The zero-order chi connectivity index (χ0) is 23.0. The number of aromatic nitrogens is 2. The third-order valence-corrected chi connectivity index (χ3v) is 6.34. The van der Waals surface area contributed by atoms with Gasteiger partial charge in [0, 0.05) is 17.1 Å². The van der Waals surface area contributed by atoms with E-state index in [2.05, 4.69) is 35.2 Å². The molecule has 1 aromatic carbocycles. The van der Waals surface area contributed by atoms with E-state index < -0.39 is 0 Å². The van der Waals surface area contributed by atoms with Crippen molar-refractivity contribution in [2.75, 3.05) is 16.8 Å². The Balaban J connectivity index is 1.86. The average Bonchev–Trinajstić information content (AvgIpc) is 3.10. The van der Waals surface area contributed by atoms with E-state index in [1.807, 2.05) is 37.3 Å². The third kappa shape index (κ3) is 3.74. The van der Waals surface area contributed by atoms with Crippen LogP contribution in [0.2, 0.25) is 0 Å². The van der Waals surface area contributed by atoms with Crippen molar-refractivity contribution in [2.45, 2.75) is 26.7 Å². The first-order chi connectivity index (χ1) is 15.3. The molecule has 32 heavy (non-hydrogen) atoms. The van der Waals surface area contributed by atoms with E-state index in [0.717, 1.165) is 22.5 Å². The van der Waals surface area contributed by atoms with Crippen LogP contribution in [0, 0.1) is 18.3 Å². The van der Waals surface area contributed by atoms with Crippen molar-refractivity contribution in [3.63, 3.8) is 0 Å². The van der Waals surface area contributed by atoms with E-state index in [1.165, 1.54) is 5.56 Å². The highest BCUT2D eigenvalue weighted by molar-refractivity contribution is 7.21. The first-order valence-electron chi connectivity index (χ1n) is 10.1. The Morgan fingerprint density at radius 3 is 2.47 bits per heavy atom. The van der Waals surface area contributed by atoms with Crippen LogP contribution in [0.3, 0.4) is 0 Å². The lowest BCUT2D eigenvalue weighted by Crippen LogP contribution is -2.13. The minimum atomic E-state index is -0.389. The summed E-state index contributed by atoms with van der Waals surface area (Å²) in [6.45, 7) is 6.15. The van der Waals surface area contributed by atoms with Crippen LogP contribution < -0.4 is 16.8 Å². The van der Waals surface area contributed by atoms with Crippen LogP contribution in [0.15, 0.2) is 42.6 Å². The van der Waals surface area contributed by atoms with E-state index >= 15 is 0 Å². The number of pyridine rings is 2. The molecule has 5 N–H and O–H groups in total. The highest BCUT2D eigenvalue weighted by atomic mass is 32.1. The topological polar surface area (TPSA) is 131 Å². The Bertz CT molecular complexity index is 1370. The molecule has 3 aromatic heterocycles. The van der Waals surface area contributed by atoms with E-state index in [4.69, 9.17) is 11.5 Å². The van der Waals surface area contributed by atoms with Crippen LogP contribution in [0.4, 0.5) is 17.3 Å². The predicted molar refractivity (Wildman–Crippen MR) is 130 cm³/mol. The highest BCUT2D eigenvalue weighted by Gasteiger charge is 2.24. The van der Waals surface area contributed by atoms with E-state index in [9.17, 15) is 10.1 Å². The van der Waals surface area contributed by atoms with Gasteiger partial charge in [-0.3, -0.25) is 4.79 Å². The van der Waals surface area contributed by atoms with Crippen molar-refractivity contribution in [2.24, 2.45) is 0 Å². The summed E-state index contributed by atoms with van der Waals surface area (Å²) in [4.78, 5) is 22.3. The summed E-state index contributed by atoms with van der Waals surface area (Å²) >= 11 is 1.14. The molecule has 0 spiro atoms. The van der Waals surface area contributed by atoms with Gasteiger partial charge in [0.25, 0.3) is 5.91 Å². The maximum Gasteiger partial charge on any atom is 0.269 e. The molecule has 0 saturated carbocycles. The number of thiophene rings is 1. The zero-order valence-electron chi connectivity index (χ0n) is 17.9. The molecular weight excluding hydrogens is 420 g/mol. The third-order valence-electron chi connectivity index (χ3n) is 5.24. The quantitative estimate of drug-likeness (QED) is 0.404. The fourth-order valence-corrected chi connectivity index (χ4v) is 4.50. The van der Waals surface area contributed by atoms with Crippen LogP contribution in [0.25, 0.3) is 21.3 Å². The fourth-order valence-electron chi connectivity index (χ4n) is 3.49. The van der Waals surface area contributed by atoms with Crippen LogP contribution in [0.5, 0.6) is 0 Å². The second kappa shape index (κ2) is 8.29. The number of anilines is 3. The molecule has 0 aliphatic heterocycles. The molecule has 1 amide bonds. The predicted octanol–water partition coefficient (Wildman–Crippen LogP) is 5.08. The summed E-state index contributed by atoms with van der Waals surface area (Å²) in [5.74, 6) is 0.516. The molecule has 3 heterocycles. The van der Waals surface area contributed by atoms with Crippen LogP contribution >= 0.6 is 11.3 Å². The van der Waals surface area contributed by atoms with Crippen molar-refractivity contribution in [1.82, 2.24) is 9.97 Å². The molecule has 160 valence electrons. The van der Waals surface area contributed by atoms with E-state index in [-0.39, 0.29) is 23.0 Å². The number of nitrogen functional groups attached to an aromatic ring is 2. The molecule has 8 heteroatoms. The highest BCUT2D eigenvalue weighted by Crippen LogP contribution is 2.43. The number of nitrogens with one attached hydrogen (secondary N) is 1. The lowest BCUT2D eigenvalue weighted by molar-refractivity contribution is 0.103. The maximum absolute atomic E-state index is 13.0. The fraction of sp³-hybridized carbons (Fsp3) is 0.167. The molecule has 4 aromatic rings. The minimum Gasteiger partial charge on any atom is -0.397 e. The Morgan fingerprint density at radius 1 is 1.16 bits per heavy atom. The molecule has 0 atom stereocenters. The van der Waals surface area contributed by atoms with Gasteiger partial charge in [-0.25, -0.2) is 9.97 Å². The molecule has 0 fully saturated rings. The number of nitrogens with two attached hydrogens (primary N) is 2. The number of carbonyl (C=O) groups is 1. The normalized spacial score (nSPS) is 11.0. The lowest BCUT2D eigenvalue weighted by atomic mass is 9.94. The van der Waals surface area contributed by atoms with Crippen LogP contribution in [-0.4, -0.2) is 15.9 Å². The monoisotopic (exact) mass is 442 g/mol. The van der Waals surface area contributed by atoms with Crippen molar-refractivity contribution in [3.8, 4) is 17.2 Å². The molecule has 7 nitrogen and oxygen atoms in total. The Hall–Kier alpha value is -3.96. The number of rotatable bonds is 4. The van der Waals surface area contributed by atoms with Gasteiger partial charge in [-0.15, -0.1) is 11.3 Å².